The van der Waals surface area contributed by atoms with E-state index < -0.39 is 15.4 Å². The van der Waals surface area contributed by atoms with E-state index in [1.807, 2.05) is 13.8 Å². The fourth-order valence-electron chi connectivity index (χ4n) is 1.78. The number of amides is 1. The maximum absolute atomic E-state index is 12.2. The van der Waals surface area contributed by atoms with Crippen LogP contribution >= 0.6 is 0 Å². The van der Waals surface area contributed by atoms with Gasteiger partial charge in [-0.2, -0.15) is 0 Å². The van der Waals surface area contributed by atoms with Crippen molar-refractivity contribution in [3.05, 3.63) is 23.8 Å². The Bertz CT molecular complexity index is 605. The van der Waals surface area contributed by atoms with Crippen molar-refractivity contribution in [1.82, 2.24) is 0 Å². The molecule has 0 saturated heterocycles. The fraction of sp³-hybridized carbons (Fsp3) is 0.500. The lowest BCUT2D eigenvalue weighted by molar-refractivity contribution is -0.121. The second kappa shape index (κ2) is 5.93. The van der Waals surface area contributed by atoms with Crippen molar-refractivity contribution in [1.29, 1.82) is 0 Å². The number of hydrogen-bond acceptors (Lipinski definition) is 4. The van der Waals surface area contributed by atoms with E-state index in [2.05, 4.69) is 5.32 Å². The quantitative estimate of drug-likeness (QED) is 0.868. The van der Waals surface area contributed by atoms with Crippen LogP contribution in [0, 0.1) is 6.92 Å². The number of anilines is 1. The standard InChI is InChI=1S/C14H22N2O3S/c1-5-14(15,6-2)13(17)16-12-9-11(20(4,18)19)8-7-10(12)3/h7-9H,5-6,15H2,1-4H3,(H,16,17). The summed E-state index contributed by atoms with van der Waals surface area (Å²) in [6.07, 6.45) is 2.16. The summed E-state index contributed by atoms with van der Waals surface area (Å²) in [6.45, 7) is 5.50. The fourth-order valence-corrected chi connectivity index (χ4v) is 2.43. The summed E-state index contributed by atoms with van der Waals surface area (Å²) in [7, 11) is -3.31. The van der Waals surface area contributed by atoms with Gasteiger partial charge in [0.2, 0.25) is 5.91 Å². The summed E-state index contributed by atoms with van der Waals surface area (Å²) in [4.78, 5) is 12.4. The zero-order chi connectivity index (χ0) is 15.6. The molecule has 0 atom stereocenters. The first-order chi connectivity index (χ1) is 9.14. The van der Waals surface area contributed by atoms with E-state index in [-0.39, 0.29) is 10.8 Å². The van der Waals surface area contributed by atoms with Crippen LogP contribution in [0.5, 0.6) is 0 Å². The van der Waals surface area contributed by atoms with Crippen molar-refractivity contribution in [3.63, 3.8) is 0 Å². The molecule has 0 aliphatic heterocycles. The molecule has 0 bridgehead atoms. The summed E-state index contributed by atoms with van der Waals surface area (Å²) < 4.78 is 23.1. The highest BCUT2D eigenvalue weighted by Crippen LogP contribution is 2.22. The molecule has 20 heavy (non-hydrogen) atoms. The monoisotopic (exact) mass is 298 g/mol. The lowest BCUT2D eigenvalue weighted by Crippen LogP contribution is -2.50. The van der Waals surface area contributed by atoms with Gasteiger partial charge < -0.3 is 11.1 Å². The van der Waals surface area contributed by atoms with Crippen molar-refractivity contribution < 1.29 is 13.2 Å². The minimum Gasteiger partial charge on any atom is -0.324 e. The first kappa shape index (κ1) is 16.7. The molecule has 0 heterocycles. The topological polar surface area (TPSA) is 89.3 Å². The zero-order valence-electron chi connectivity index (χ0n) is 12.4. The number of hydrogen-bond donors (Lipinski definition) is 2. The highest BCUT2D eigenvalue weighted by molar-refractivity contribution is 7.90. The molecule has 1 rings (SSSR count). The van der Waals surface area contributed by atoms with Crippen molar-refractivity contribution in [2.45, 2.75) is 44.0 Å². The highest BCUT2D eigenvalue weighted by Gasteiger charge is 2.30. The lowest BCUT2D eigenvalue weighted by atomic mass is 9.93. The van der Waals surface area contributed by atoms with Gasteiger partial charge in [0, 0.05) is 11.9 Å². The van der Waals surface area contributed by atoms with Crippen LogP contribution in [0.2, 0.25) is 0 Å². The number of carbonyl (C=O) groups is 1. The summed E-state index contributed by atoms with van der Waals surface area (Å²) in [5, 5.41) is 2.74. The van der Waals surface area contributed by atoms with Crippen LogP contribution < -0.4 is 11.1 Å². The number of rotatable bonds is 5. The molecule has 0 spiro atoms. The third-order valence-corrected chi connectivity index (χ3v) is 4.71. The molecule has 1 aromatic rings. The van der Waals surface area contributed by atoms with Gasteiger partial charge in [0.1, 0.15) is 0 Å². The molecule has 0 radical (unpaired) electrons. The largest absolute Gasteiger partial charge is 0.324 e. The number of sulfone groups is 1. The SMILES string of the molecule is CCC(N)(CC)C(=O)Nc1cc(S(C)(=O)=O)ccc1C. The van der Waals surface area contributed by atoms with Crippen molar-refractivity contribution in [3.8, 4) is 0 Å². The molecule has 0 aliphatic rings. The van der Waals surface area contributed by atoms with Gasteiger partial charge in [-0.3, -0.25) is 4.79 Å². The Hall–Kier alpha value is -1.40. The van der Waals surface area contributed by atoms with E-state index in [9.17, 15) is 13.2 Å². The maximum atomic E-state index is 12.2. The van der Waals surface area contributed by atoms with Crippen LogP contribution in [0.1, 0.15) is 32.3 Å². The second-order valence-corrected chi connectivity index (χ2v) is 7.08. The Morgan fingerprint density at radius 3 is 2.30 bits per heavy atom. The Morgan fingerprint density at radius 1 is 1.30 bits per heavy atom. The Kier molecular flexibility index (Phi) is 4.94. The first-order valence-corrected chi connectivity index (χ1v) is 8.44. The van der Waals surface area contributed by atoms with E-state index in [1.165, 1.54) is 12.1 Å². The zero-order valence-corrected chi connectivity index (χ0v) is 13.2. The molecule has 1 amide bonds. The minimum absolute atomic E-state index is 0.175. The maximum Gasteiger partial charge on any atom is 0.244 e. The molecule has 0 aromatic heterocycles. The van der Waals surface area contributed by atoms with Crippen LogP contribution in [-0.4, -0.2) is 26.1 Å². The van der Waals surface area contributed by atoms with Gasteiger partial charge in [0.25, 0.3) is 0 Å². The normalized spacial score (nSPS) is 12.2. The summed E-state index contributed by atoms with van der Waals surface area (Å²) in [5.74, 6) is -0.295. The van der Waals surface area contributed by atoms with Crippen molar-refractivity contribution in [2.24, 2.45) is 5.73 Å². The van der Waals surface area contributed by atoms with E-state index in [4.69, 9.17) is 5.73 Å². The van der Waals surface area contributed by atoms with Gasteiger partial charge in [-0.05, 0) is 37.5 Å². The van der Waals surface area contributed by atoms with Gasteiger partial charge in [0.05, 0.1) is 10.4 Å². The molecule has 0 fully saturated rings. The lowest BCUT2D eigenvalue weighted by Gasteiger charge is -2.25. The van der Waals surface area contributed by atoms with Crippen LogP contribution in [-0.2, 0) is 14.6 Å². The second-order valence-electron chi connectivity index (χ2n) is 5.07. The number of nitrogens with two attached hydrogens (primary N) is 1. The van der Waals surface area contributed by atoms with Gasteiger partial charge >= 0.3 is 0 Å². The summed E-state index contributed by atoms with van der Waals surface area (Å²) in [5.41, 5.74) is 6.37. The molecule has 0 saturated carbocycles. The number of nitrogens with one attached hydrogen (secondary N) is 1. The number of aryl methyl sites for hydroxylation is 1. The molecular weight excluding hydrogens is 276 g/mol. The van der Waals surface area contributed by atoms with Crippen molar-refractivity contribution >= 4 is 21.4 Å². The van der Waals surface area contributed by atoms with E-state index in [0.29, 0.717) is 18.5 Å². The highest BCUT2D eigenvalue weighted by atomic mass is 32.2. The average molecular weight is 298 g/mol. The van der Waals surface area contributed by atoms with Gasteiger partial charge in [-0.25, -0.2) is 8.42 Å². The third-order valence-electron chi connectivity index (χ3n) is 3.60. The van der Waals surface area contributed by atoms with E-state index >= 15 is 0 Å². The predicted octanol–water partition coefficient (Wildman–Crippen LogP) is 1.85. The third kappa shape index (κ3) is 3.58. The summed E-state index contributed by atoms with van der Waals surface area (Å²) >= 11 is 0. The van der Waals surface area contributed by atoms with Gasteiger partial charge in [0.15, 0.2) is 9.84 Å². The van der Waals surface area contributed by atoms with Crippen LogP contribution in [0.15, 0.2) is 23.1 Å². The molecule has 3 N–H and O–H groups in total. The molecule has 5 nitrogen and oxygen atoms in total. The number of carbonyl (C=O) groups excluding carboxylic acids is 1. The van der Waals surface area contributed by atoms with Gasteiger partial charge in [-0.1, -0.05) is 19.9 Å². The first-order valence-electron chi connectivity index (χ1n) is 6.55. The Labute approximate surface area is 120 Å². The Balaban J connectivity index is 3.13. The van der Waals surface area contributed by atoms with Crippen LogP contribution in [0.4, 0.5) is 5.69 Å². The summed E-state index contributed by atoms with van der Waals surface area (Å²) in [6, 6.07) is 4.66. The minimum atomic E-state index is -3.31. The Morgan fingerprint density at radius 2 is 1.85 bits per heavy atom. The molecule has 6 heteroatoms. The molecule has 112 valence electrons. The molecule has 0 aliphatic carbocycles. The van der Waals surface area contributed by atoms with Crippen LogP contribution in [0.25, 0.3) is 0 Å². The van der Waals surface area contributed by atoms with Crippen molar-refractivity contribution in [2.75, 3.05) is 11.6 Å². The van der Waals surface area contributed by atoms with E-state index in [1.54, 1.807) is 13.0 Å². The van der Waals surface area contributed by atoms with Gasteiger partial charge in [-0.15, -0.1) is 0 Å². The predicted molar refractivity (Wildman–Crippen MR) is 80.4 cm³/mol. The molecule has 1 aromatic carbocycles. The average Bonchev–Trinajstić information content (AvgIpc) is 2.38. The number of benzene rings is 1. The van der Waals surface area contributed by atoms with E-state index in [0.717, 1.165) is 11.8 Å². The van der Waals surface area contributed by atoms with Crippen LogP contribution in [0.3, 0.4) is 0 Å². The molecule has 0 unspecified atom stereocenters. The molecular formula is C14H22N2O3S. The smallest absolute Gasteiger partial charge is 0.244 e.